The molecule has 0 aliphatic carbocycles. The van der Waals surface area contributed by atoms with Gasteiger partial charge in [-0.3, -0.25) is 0 Å². The molecule has 2 nitrogen and oxygen atoms in total. The van der Waals surface area contributed by atoms with Crippen LogP contribution in [-0.2, 0) is 0 Å². The van der Waals surface area contributed by atoms with Gasteiger partial charge in [-0.1, -0.05) is 0 Å². The van der Waals surface area contributed by atoms with Gasteiger partial charge in [-0.15, -0.1) is 0 Å². The van der Waals surface area contributed by atoms with E-state index < -0.39 is 11.6 Å². The molecule has 0 atom stereocenters. The summed E-state index contributed by atoms with van der Waals surface area (Å²) in [7, 11) is 2.84. The number of hydrogen-bond acceptors (Lipinski definition) is 2. The van der Waals surface area contributed by atoms with Crippen molar-refractivity contribution in [2.75, 3.05) is 14.2 Å². The van der Waals surface area contributed by atoms with Crippen molar-refractivity contribution in [1.82, 2.24) is 0 Å². The van der Waals surface area contributed by atoms with Gasteiger partial charge in [0.25, 0.3) is 0 Å². The highest BCUT2D eigenvalue weighted by molar-refractivity contribution is 5.76. The van der Waals surface area contributed by atoms with Crippen molar-refractivity contribution in [3.05, 3.63) is 48.0 Å². The SMILES string of the molecule is COc1cc(F)ccc1-c1c(F)[c]ccc1OC. The maximum Gasteiger partial charge on any atom is 0.142 e. The average Bonchev–Trinajstić information content (AvgIpc) is 2.38. The van der Waals surface area contributed by atoms with Gasteiger partial charge in [-0.25, -0.2) is 8.78 Å². The molecule has 0 aromatic heterocycles. The Morgan fingerprint density at radius 1 is 1.00 bits per heavy atom. The summed E-state index contributed by atoms with van der Waals surface area (Å²) in [6, 6.07) is 9.33. The van der Waals surface area contributed by atoms with Gasteiger partial charge in [-0.2, -0.15) is 0 Å². The molecule has 0 saturated heterocycles. The lowest BCUT2D eigenvalue weighted by atomic mass is 10.0. The smallest absolute Gasteiger partial charge is 0.142 e. The Balaban J connectivity index is 2.68. The van der Waals surface area contributed by atoms with E-state index in [-0.39, 0.29) is 11.3 Å². The second-order valence-electron chi connectivity index (χ2n) is 3.58. The summed E-state index contributed by atoms with van der Waals surface area (Å²) in [6.07, 6.45) is 0. The number of ether oxygens (including phenoxy) is 2. The lowest BCUT2D eigenvalue weighted by Crippen LogP contribution is -1.95. The molecule has 0 amide bonds. The average molecular weight is 249 g/mol. The molecule has 4 heteroatoms. The fourth-order valence-electron chi connectivity index (χ4n) is 1.75. The summed E-state index contributed by atoms with van der Waals surface area (Å²) in [5, 5.41) is 0. The third-order valence-electron chi connectivity index (χ3n) is 2.56. The second kappa shape index (κ2) is 5.04. The number of benzene rings is 2. The molecule has 0 spiro atoms. The number of hydrogen-bond donors (Lipinski definition) is 0. The van der Waals surface area contributed by atoms with Gasteiger partial charge < -0.3 is 9.47 Å². The molecule has 2 aromatic carbocycles. The van der Waals surface area contributed by atoms with Crippen LogP contribution < -0.4 is 9.47 Å². The highest BCUT2D eigenvalue weighted by Crippen LogP contribution is 2.38. The molecule has 2 aromatic rings. The van der Waals surface area contributed by atoms with Crippen LogP contribution in [0.2, 0.25) is 0 Å². The van der Waals surface area contributed by atoms with Crippen molar-refractivity contribution in [2.45, 2.75) is 0 Å². The van der Waals surface area contributed by atoms with Crippen LogP contribution in [0.3, 0.4) is 0 Å². The Morgan fingerprint density at radius 3 is 2.39 bits per heavy atom. The zero-order valence-corrected chi connectivity index (χ0v) is 9.96. The van der Waals surface area contributed by atoms with Crippen molar-refractivity contribution < 1.29 is 18.3 Å². The van der Waals surface area contributed by atoms with Gasteiger partial charge in [0.2, 0.25) is 0 Å². The van der Waals surface area contributed by atoms with Crippen LogP contribution in [0.1, 0.15) is 0 Å². The summed E-state index contributed by atoms with van der Waals surface area (Å²) >= 11 is 0. The zero-order valence-electron chi connectivity index (χ0n) is 9.96. The lowest BCUT2D eigenvalue weighted by Gasteiger charge is -2.12. The summed E-state index contributed by atoms with van der Waals surface area (Å²) in [6.45, 7) is 0. The zero-order chi connectivity index (χ0) is 13.1. The molecule has 2 rings (SSSR count). The molecule has 0 fully saturated rings. The molecule has 1 radical (unpaired) electrons. The summed E-state index contributed by atoms with van der Waals surface area (Å²) < 4.78 is 37.1. The van der Waals surface area contributed by atoms with E-state index in [9.17, 15) is 8.78 Å². The Kier molecular flexibility index (Phi) is 3.46. The van der Waals surface area contributed by atoms with Crippen molar-refractivity contribution in [3.8, 4) is 22.6 Å². The normalized spacial score (nSPS) is 10.2. The van der Waals surface area contributed by atoms with E-state index in [4.69, 9.17) is 9.47 Å². The largest absolute Gasteiger partial charge is 0.496 e. The van der Waals surface area contributed by atoms with Gasteiger partial charge in [0.1, 0.15) is 23.1 Å². The molecule has 18 heavy (non-hydrogen) atoms. The van der Waals surface area contributed by atoms with Crippen molar-refractivity contribution in [3.63, 3.8) is 0 Å². The van der Waals surface area contributed by atoms with Crippen molar-refractivity contribution in [2.24, 2.45) is 0 Å². The minimum Gasteiger partial charge on any atom is -0.496 e. The minimum absolute atomic E-state index is 0.205. The molecule has 0 aliphatic rings. The number of halogens is 2. The Morgan fingerprint density at radius 2 is 1.72 bits per heavy atom. The van der Waals surface area contributed by atoms with E-state index in [1.807, 2.05) is 0 Å². The minimum atomic E-state index is -0.570. The van der Waals surface area contributed by atoms with E-state index in [0.717, 1.165) is 0 Å². The first-order chi connectivity index (χ1) is 8.67. The summed E-state index contributed by atoms with van der Waals surface area (Å²) in [5.74, 6) is -0.433. The van der Waals surface area contributed by atoms with Gasteiger partial charge in [-0.05, 0) is 24.3 Å². The highest BCUT2D eigenvalue weighted by atomic mass is 19.1. The van der Waals surface area contributed by atoms with Gasteiger partial charge in [0, 0.05) is 17.7 Å². The molecular weight excluding hydrogens is 238 g/mol. The van der Waals surface area contributed by atoms with Crippen molar-refractivity contribution in [1.29, 1.82) is 0 Å². The van der Waals surface area contributed by atoms with Gasteiger partial charge in [0.05, 0.1) is 19.8 Å². The van der Waals surface area contributed by atoms with Crippen molar-refractivity contribution >= 4 is 0 Å². The topological polar surface area (TPSA) is 18.5 Å². The standard InChI is InChI=1S/C14H11F2O2/c1-17-12-5-3-4-11(16)14(12)10-7-6-9(15)8-13(10)18-2/h3,5-8H,1-2H3. The van der Waals surface area contributed by atoms with E-state index in [2.05, 4.69) is 6.07 Å². The van der Waals surface area contributed by atoms with E-state index in [1.54, 1.807) is 6.07 Å². The van der Waals surface area contributed by atoms with Crippen LogP contribution in [0.4, 0.5) is 8.78 Å². The van der Waals surface area contributed by atoms with E-state index >= 15 is 0 Å². The number of rotatable bonds is 3. The van der Waals surface area contributed by atoms with Crippen LogP contribution in [0.25, 0.3) is 11.1 Å². The van der Waals surface area contributed by atoms with Crippen LogP contribution >= 0.6 is 0 Å². The quantitative estimate of drug-likeness (QED) is 0.829. The Bertz CT molecular complexity index is 568. The third kappa shape index (κ3) is 2.14. The maximum atomic E-state index is 13.9. The number of methoxy groups -OCH3 is 2. The Hall–Kier alpha value is -2.10. The molecule has 0 N–H and O–H groups in total. The fraction of sp³-hybridized carbons (Fsp3) is 0.143. The second-order valence-corrected chi connectivity index (χ2v) is 3.58. The molecule has 93 valence electrons. The predicted molar refractivity (Wildman–Crippen MR) is 63.7 cm³/mol. The monoisotopic (exact) mass is 249 g/mol. The fourth-order valence-corrected chi connectivity index (χ4v) is 1.75. The first kappa shape index (κ1) is 12.4. The lowest BCUT2D eigenvalue weighted by molar-refractivity contribution is 0.406. The van der Waals surface area contributed by atoms with Crippen LogP contribution in [0.15, 0.2) is 30.3 Å². The maximum absolute atomic E-state index is 13.9. The summed E-state index contributed by atoms with van der Waals surface area (Å²) in [5.41, 5.74) is 0.627. The molecule has 0 unspecified atom stereocenters. The first-order valence-electron chi connectivity index (χ1n) is 5.25. The van der Waals surface area contributed by atoms with E-state index in [1.165, 1.54) is 38.5 Å². The van der Waals surface area contributed by atoms with Gasteiger partial charge in [0.15, 0.2) is 0 Å². The highest BCUT2D eigenvalue weighted by Gasteiger charge is 2.16. The molecule has 0 bridgehead atoms. The Labute approximate surface area is 104 Å². The van der Waals surface area contributed by atoms with Crippen LogP contribution in [0, 0.1) is 17.7 Å². The van der Waals surface area contributed by atoms with E-state index in [0.29, 0.717) is 11.3 Å². The predicted octanol–water partition coefficient (Wildman–Crippen LogP) is 3.45. The summed E-state index contributed by atoms with van der Waals surface area (Å²) in [4.78, 5) is 0. The first-order valence-corrected chi connectivity index (χ1v) is 5.25. The molecular formula is C14H11F2O2. The van der Waals surface area contributed by atoms with Crippen LogP contribution in [-0.4, -0.2) is 14.2 Å². The van der Waals surface area contributed by atoms with Crippen LogP contribution in [0.5, 0.6) is 11.5 Å². The molecule has 0 heterocycles. The third-order valence-corrected chi connectivity index (χ3v) is 2.56. The molecule has 0 saturated carbocycles. The molecule has 0 aliphatic heterocycles. The van der Waals surface area contributed by atoms with Gasteiger partial charge >= 0.3 is 0 Å².